The van der Waals surface area contributed by atoms with Gasteiger partial charge in [-0.05, 0) is 32.4 Å². The van der Waals surface area contributed by atoms with Crippen molar-refractivity contribution in [3.8, 4) is 0 Å². The highest BCUT2D eigenvalue weighted by molar-refractivity contribution is 7.83. The lowest BCUT2D eigenvalue weighted by Crippen LogP contribution is -2.45. The van der Waals surface area contributed by atoms with Crippen LogP contribution in [0.25, 0.3) is 11.2 Å². The zero-order valence-electron chi connectivity index (χ0n) is 18.0. The molecule has 3 atom stereocenters. The molecule has 1 amide bonds. The number of amides is 1. The number of aromatic nitrogens is 4. The minimum atomic E-state index is -3.41. The Labute approximate surface area is 184 Å². The van der Waals surface area contributed by atoms with Gasteiger partial charge in [0.15, 0.2) is 11.2 Å². The topological polar surface area (TPSA) is 135 Å². The predicted octanol–water partition coefficient (Wildman–Crippen LogP) is 1.47. The first-order valence-electron chi connectivity index (χ1n) is 9.71. The Hall–Kier alpha value is -1.82. The van der Waals surface area contributed by atoms with Gasteiger partial charge < -0.3 is 9.26 Å². The molecule has 14 heteroatoms. The van der Waals surface area contributed by atoms with E-state index in [1.54, 1.807) is 32.5 Å². The van der Waals surface area contributed by atoms with E-state index in [9.17, 15) is 14.2 Å². The third kappa shape index (κ3) is 5.51. The highest BCUT2D eigenvalue weighted by Gasteiger charge is 2.32. The van der Waals surface area contributed by atoms with Gasteiger partial charge in [0.2, 0.25) is 11.9 Å². The van der Waals surface area contributed by atoms with Crippen molar-refractivity contribution in [1.82, 2.24) is 29.1 Å². The minimum absolute atomic E-state index is 0.0239. The number of nitrogens with zero attached hydrogens (tertiary/aromatic N) is 5. The Bertz CT molecular complexity index is 1060. The van der Waals surface area contributed by atoms with E-state index in [1.165, 1.54) is 11.0 Å². The number of ether oxygens (including phenoxy) is 1. The summed E-state index contributed by atoms with van der Waals surface area (Å²) in [5.74, 6) is -0.510. The predicted molar refractivity (Wildman–Crippen MR) is 116 cm³/mol. The van der Waals surface area contributed by atoms with Crippen molar-refractivity contribution in [3.05, 3.63) is 16.7 Å². The lowest BCUT2D eigenvalue weighted by atomic mass is 10.2. The van der Waals surface area contributed by atoms with Crippen LogP contribution in [-0.2, 0) is 18.6 Å². The van der Waals surface area contributed by atoms with E-state index in [4.69, 9.17) is 20.5 Å². The number of fused-ring (bicyclic) bond motifs is 1. The summed E-state index contributed by atoms with van der Waals surface area (Å²) in [6.45, 7) is 1.12. The van der Waals surface area contributed by atoms with Gasteiger partial charge in [-0.15, -0.1) is 0 Å². The third-order valence-corrected chi connectivity index (χ3v) is 7.36. The van der Waals surface area contributed by atoms with Crippen LogP contribution in [0.15, 0.2) is 11.1 Å². The molecule has 2 unspecified atom stereocenters. The number of aromatic amines is 1. The fourth-order valence-electron chi connectivity index (χ4n) is 2.99. The largest absolute Gasteiger partial charge is 0.362 e. The molecule has 3 heterocycles. The summed E-state index contributed by atoms with van der Waals surface area (Å²) in [6.07, 6.45) is 0.513. The van der Waals surface area contributed by atoms with Crippen molar-refractivity contribution < 1.29 is 18.6 Å². The summed E-state index contributed by atoms with van der Waals surface area (Å²) in [5, 5.41) is 2.59. The fraction of sp³-hybridized carbons (Fsp3) is 0.647. The summed E-state index contributed by atoms with van der Waals surface area (Å²) in [6, 6.07) is 0. The first kappa shape index (κ1) is 23.8. The van der Waals surface area contributed by atoms with Crippen LogP contribution in [0.2, 0.25) is 0 Å². The lowest BCUT2D eigenvalue weighted by molar-refractivity contribution is -0.124. The number of H-pyrrole nitrogens is 1. The summed E-state index contributed by atoms with van der Waals surface area (Å²) < 4.78 is 26.7. The van der Waals surface area contributed by atoms with E-state index < -0.39 is 24.8 Å². The number of halogens is 1. The normalized spacial score (nSPS) is 22.2. The van der Waals surface area contributed by atoms with Crippen LogP contribution in [0.4, 0.5) is 5.95 Å². The van der Waals surface area contributed by atoms with Crippen molar-refractivity contribution in [1.29, 1.82) is 0 Å². The maximum Gasteiger partial charge on any atom is 0.362 e. The van der Waals surface area contributed by atoms with Crippen molar-refractivity contribution >= 4 is 41.1 Å². The van der Waals surface area contributed by atoms with Crippen LogP contribution in [0.5, 0.6) is 0 Å². The molecule has 1 saturated heterocycles. The highest BCUT2D eigenvalue weighted by atomic mass is 35.7. The molecule has 2 N–H and O–H groups in total. The average Bonchev–Trinajstić information content (AvgIpc) is 3.10. The van der Waals surface area contributed by atoms with Crippen molar-refractivity contribution in [3.63, 3.8) is 0 Å². The van der Waals surface area contributed by atoms with Crippen LogP contribution < -0.4 is 10.9 Å². The quantitative estimate of drug-likeness (QED) is 0.570. The second-order valence-corrected chi connectivity index (χ2v) is 11.2. The van der Waals surface area contributed by atoms with E-state index in [0.717, 1.165) is 0 Å². The Morgan fingerprint density at radius 1 is 1.48 bits per heavy atom. The van der Waals surface area contributed by atoms with Gasteiger partial charge >= 0.3 is 6.87 Å². The Morgan fingerprint density at radius 2 is 2.19 bits per heavy atom. The Balaban J connectivity index is 1.84. The number of rotatable bonds is 7. The number of carbonyl (C=O) groups excluding carboxylic acids is 1. The van der Waals surface area contributed by atoms with Crippen molar-refractivity contribution in [2.24, 2.45) is 5.92 Å². The maximum absolute atomic E-state index is 12.4. The molecule has 12 nitrogen and oxygen atoms in total. The van der Waals surface area contributed by atoms with Gasteiger partial charge in [0.25, 0.3) is 5.56 Å². The van der Waals surface area contributed by atoms with Crippen molar-refractivity contribution in [2.45, 2.75) is 26.2 Å². The number of likely N-dealkylation sites (N-methyl/N-ethyl adjacent to an activating group) is 1. The third-order valence-electron chi connectivity index (χ3n) is 4.74. The number of morpholine rings is 1. The maximum atomic E-state index is 12.4. The van der Waals surface area contributed by atoms with Crippen LogP contribution >= 0.6 is 18.1 Å². The van der Waals surface area contributed by atoms with Gasteiger partial charge in [-0.1, -0.05) is 13.8 Å². The average molecular weight is 476 g/mol. The molecule has 172 valence electrons. The molecular formula is C17H27ClN7O5P. The first-order valence-corrected chi connectivity index (χ1v) is 12.2. The molecule has 1 aliphatic rings. The molecule has 0 saturated carbocycles. The van der Waals surface area contributed by atoms with Crippen molar-refractivity contribution in [2.75, 3.05) is 46.2 Å². The van der Waals surface area contributed by atoms with Crippen LogP contribution in [0.1, 0.15) is 20.1 Å². The van der Waals surface area contributed by atoms with Crippen LogP contribution in [0.3, 0.4) is 0 Å². The smallest absolute Gasteiger partial charge is 0.350 e. The summed E-state index contributed by atoms with van der Waals surface area (Å²) >= 11 is 5.93. The lowest BCUT2D eigenvalue weighted by Gasteiger charge is -2.36. The van der Waals surface area contributed by atoms with Crippen LogP contribution in [0, 0.1) is 5.92 Å². The SMILES string of the molecule is CC(C)C(=O)Nc1nc2c(ncn2C2CN(C)C[C@@H](COP(=O)(Cl)N(C)C)O2)c(=O)[nH]1. The highest BCUT2D eigenvalue weighted by Crippen LogP contribution is 2.54. The molecule has 0 spiro atoms. The van der Waals surface area contributed by atoms with E-state index in [-0.39, 0.29) is 35.5 Å². The van der Waals surface area contributed by atoms with Crippen LogP contribution in [-0.4, -0.2) is 81.9 Å². The molecule has 2 aromatic heterocycles. The fourth-order valence-corrected chi connectivity index (χ4v) is 3.74. The van der Waals surface area contributed by atoms with E-state index in [1.807, 2.05) is 11.9 Å². The van der Waals surface area contributed by atoms with Gasteiger partial charge in [-0.25, -0.2) is 9.65 Å². The van der Waals surface area contributed by atoms with Gasteiger partial charge in [0, 0.05) is 19.0 Å². The second-order valence-electron chi connectivity index (χ2n) is 7.91. The molecule has 0 bridgehead atoms. The number of hydrogen-bond acceptors (Lipinski definition) is 8. The van der Waals surface area contributed by atoms with Gasteiger partial charge in [0.1, 0.15) is 6.23 Å². The van der Waals surface area contributed by atoms with Gasteiger partial charge in [-0.3, -0.25) is 33.9 Å². The standard InChI is InChI=1S/C17H27ClN7O5P/c1-10(2)15(26)21-17-20-14-13(16(27)22-17)19-9-25(14)12-7-24(5)6-11(30-12)8-29-31(18,28)23(3)4/h9-12H,6-8H2,1-5H3,(H2,20,21,22,26,27)/t11-,12?,31?/m0/s1. The zero-order valence-corrected chi connectivity index (χ0v) is 19.7. The molecule has 2 aromatic rings. The number of carbonyl (C=O) groups is 1. The van der Waals surface area contributed by atoms with E-state index >= 15 is 0 Å². The first-order chi connectivity index (χ1) is 14.5. The number of anilines is 1. The second kappa shape index (κ2) is 9.35. The monoisotopic (exact) mass is 475 g/mol. The van der Waals surface area contributed by atoms with E-state index in [2.05, 4.69) is 20.3 Å². The van der Waals surface area contributed by atoms with Gasteiger partial charge in [0.05, 0.1) is 19.0 Å². The Kier molecular flexibility index (Phi) is 7.19. The molecule has 1 aliphatic heterocycles. The van der Waals surface area contributed by atoms with Gasteiger partial charge in [-0.2, -0.15) is 4.98 Å². The summed E-state index contributed by atoms with van der Waals surface area (Å²) in [5.41, 5.74) is -0.0648. The summed E-state index contributed by atoms with van der Waals surface area (Å²) in [7, 11) is 5.05. The minimum Gasteiger partial charge on any atom is -0.350 e. The number of nitrogens with one attached hydrogen (secondary N) is 2. The Morgan fingerprint density at radius 3 is 2.84 bits per heavy atom. The molecule has 0 aliphatic carbocycles. The molecule has 0 radical (unpaired) electrons. The zero-order chi connectivity index (χ0) is 22.9. The molecule has 31 heavy (non-hydrogen) atoms. The molecule has 3 rings (SSSR count). The molecule has 0 aromatic carbocycles. The summed E-state index contributed by atoms with van der Waals surface area (Å²) in [4.78, 5) is 37.4. The number of hydrogen-bond donors (Lipinski definition) is 2. The molecule has 1 fully saturated rings. The van der Waals surface area contributed by atoms with E-state index in [0.29, 0.717) is 13.1 Å². The number of imidazole rings is 1. The molecular weight excluding hydrogens is 449 g/mol.